The van der Waals surface area contributed by atoms with Crippen LogP contribution in [0.2, 0.25) is 0 Å². The average Bonchev–Trinajstić information content (AvgIpc) is 3.34. The molecule has 0 saturated carbocycles. The van der Waals surface area contributed by atoms with Crippen LogP contribution in [0.5, 0.6) is 0 Å². The molecule has 1 N–H and O–H groups in total. The predicted molar refractivity (Wildman–Crippen MR) is 125 cm³/mol. The Morgan fingerprint density at radius 1 is 1.19 bits per heavy atom. The maximum absolute atomic E-state index is 12.9. The first-order valence-corrected chi connectivity index (χ1v) is 13.5. The lowest BCUT2D eigenvalue weighted by Crippen LogP contribution is -2.43. The number of ether oxygens (including phenoxy) is 1. The van der Waals surface area contributed by atoms with E-state index >= 15 is 0 Å². The van der Waals surface area contributed by atoms with E-state index in [1.54, 1.807) is 39.9 Å². The molecule has 2 fully saturated rings. The van der Waals surface area contributed by atoms with Crippen molar-refractivity contribution in [2.45, 2.75) is 30.7 Å². The molecule has 0 spiro atoms. The van der Waals surface area contributed by atoms with Crippen molar-refractivity contribution in [3.8, 4) is 0 Å². The molecule has 32 heavy (non-hydrogen) atoms. The van der Waals surface area contributed by atoms with Crippen LogP contribution in [-0.4, -0.2) is 69.5 Å². The van der Waals surface area contributed by atoms with Gasteiger partial charge in [-0.25, -0.2) is 8.42 Å². The van der Waals surface area contributed by atoms with E-state index in [0.29, 0.717) is 44.3 Å². The first-order valence-electron chi connectivity index (χ1n) is 11.2. The summed E-state index contributed by atoms with van der Waals surface area (Å²) >= 11 is 1.69. The maximum Gasteiger partial charge on any atom is 0.251 e. The van der Waals surface area contributed by atoms with Crippen molar-refractivity contribution in [1.29, 1.82) is 0 Å². The second kappa shape index (κ2) is 10.4. The minimum atomic E-state index is -3.52. The van der Waals surface area contributed by atoms with E-state index in [4.69, 9.17) is 4.74 Å². The highest BCUT2D eigenvalue weighted by atomic mass is 32.2. The van der Waals surface area contributed by atoms with Gasteiger partial charge in [0.2, 0.25) is 10.0 Å². The van der Waals surface area contributed by atoms with Crippen molar-refractivity contribution in [3.05, 3.63) is 52.2 Å². The molecular formula is C23H31N3O4S2. The Morgan fingerprint density at radius 2 is 1.94 bits per heavy atom. The zero-order valence-electron chi connectivity index (χ0n) is 18.4. The molecule has 4 rings (SSSR count). The number of carbonyl (C=O) groups excluding carboxylic acids is 1. The zero-order chi connectivity index (χ0) is 22.6. The minimum absolute atomic E-state index is 0.101. The van der Waals surface area contributed by atoms with Crippen molar-refractivity contribution in [2.75, 3.05) is 45.9 Å². The van der Waals surface area contributed by atoms with Crippen molar-refractivity contribution in [3.63, 3.8) is 0 Å². The lowest BCUT2D eigenvalue weighted by molar-refractivity contribution is 0.0169. The second-order valence-corrected chi connectivity index (χ2v) is 11.4. The van der Waals surface area contributed by atoms with Crippen molar-refractivity contribution in [1.82, 2.24) is 14.5 Å². The number of thiophene rings is 1. The monoisotopic (exact) mass is 477 g/mol. The Labute approximate surface area is 194 Å². The molecule has 174 valence electrons. The SMILES string of the molecule is C[C@@H]1CCCN(S(=O)(=O)c2ccc(C(=O)NC[C@H](c3cccs3)N3CCOCC3)cc2)C1. The quantitative estimate of drug-likeness (QED) is 0.663. The number of amides is 1. The molecule has 2 aliphatic rings. The summed E-state index contributed by atoms with van der Waals surface area (Å²) in [7, 11) is -3.52. The fraction of sp³-hybridized carbons (Fsp3) is 0.522. The van der Waals surface area contributed by atoms with Gasteiger partial charge < -0.3 is 10.1 Å². The molecule has 7 nitrogen and oxygen atoms in total. The Hall–Kier alpha value is -1.78. The van der Waals surface area contributed by atoms with Crippen LogP contribution in [0.3, 0.4) is 0 Å². The van der Waals surface area contributed by atoms with Crippen LogP contribution in [0.15, 0.2) is 46.7 Å². The number of rotatable bonds is 7. The molecule has 2 saturated heterocycles. The molecule has 3 heterocycles. The summed E-state index contributed by atoms with van der Waals surface area (Å²) in [5, 5.41) is 5.09. The highest BCUT2D eigenvalue weighted by Crippen LogP contribution is 2.26. The number of piperidine rings is 1. The highest BCUT2D eigenvalue weighted by Gasteiger charge is 2.29. The van der Waals surface area contributed by atoms with Gasteiger partial charge in [-0.15, -0.1) is 11.3 Å². The van der Waals surface area contributed by atoms with Crippen LogP contribution in [-0.2, 0) is 14.8 Å². The van der Waals surface area contributed by atoms with E-state index in [9.17, 15) is 13.2 Å². The van der Waals surface area contributed by atoms with Crippen LogP contribution in [0, 0.1) is 5.92 Å². The lowest BCUT2D eigenvalue weighted by atomic mass is 10.0. The summed E-state index contributed by atoms with van der Waals surface area (Å²) in [5.74, 6) is 0.168. The fourth-order valence-corrected chi connectivity index (χ4v) is 6.82. The molecule has 2 aliphatic heterocycles. The number of carbonyl (C=O) groups is 1. The summed E-state index contributed by atoms with van der Waals surface area (Å²) in [6.45, 7) is 6.74. The largest absolute Gasteiger partial charge is 0.379 e. The van der Waals surface area contributed by atoms with Gasteiger partial charge in [0, 0.05) is 43.2 Å². The van der Waals surface area contributed by atoms with Crippen LogP contribution in [0.1, 0.15) is 41.0 Å². The third-order valence-electron chi connectivity index (χ3n) is 6.19. The van der Waals surface area contributed by atoms with Crippen molar-refractivity contribution >= 4 is 27.3 Å². The molecule has 0 bridgehead atoms. The van der Waals surface area contributed by atoms with Gasteiger partial charge in [0.25, 0.3) is 5.91 Å². The third-order valence-corrected chi connectivity index (χ3v) is 9.04. The number of nitrogens with zero attached hydrogens (tertiary/aromatic N) is 2. The summed E-state index contributed by atoms with van der Waals surface area (Å²) in [4.78, 5) is 16.6. The smallest absolute Gasteiger partial charge is 0.251 e. The first-order chi connectivity index (χ1) is 15.4. The van der Waals surface area contributed by atoms with Crippen LogP contribution in [0.4, 0.5) is 0 Å². The van der Waals surface area contributed by atoms with Gasteiger partial charge in [0.1, 0.15) is 0 Å². The molecule has 9 heteroatoms. The summed E-state index contributed by atoms with van der Waals surface area (Å²) in [5.41, 5.74) is 0.461. The molecule has 2 atom stereocenters. The molecule has 2 aromatic rings. The van der Waals surface area contributed by atoms with E-state index in [-0.39, 0.29) is 16.8 Å². The maximum atomic E-state index is 12.9. The Balaban J connectivity index is 1.41. The Morgan fingerprint density at radius 3 is 2.59 bits per heavy atom. The predicted octanol–water partition coefficient (Wildman–Crippen LogP) is 2.97. The molecule has 0 radical (unpaired) electrons. The summed E-state index contributed by atoms with van der Waals surface area (Å²) in [6, 6.07) is 10.5. The average molecular weight is 478 g/mol. The number of morpholine rings is 1. The van der Waals surface area contributed by atoms with E-state index in [1.165, 1.54) is 4.88 Å². The van der Waals surface area contributed by atoms with Crippen LogP contribution < -0.4 is 5.32 Å². The van der Waals surface area contributed by atoms with Gasteiger partial charge in [-0.3, -0.25) is 9.69 Å². The highest BCUT2D eigenvalue weighted by molar-refractivity contribution is 7.89. The molecule has 0 unspecified atom stereocenters. The Bertz CT molecular complexity index is 987. The summed E-state index contributed by atoms with van der Waals surface area (Å²) < 4.78 is 32.9. The Kier molecular flexibility index (Phi) is 7.63. The van der Waals surface area contributed by atoms with Gasteiger partial charge in [-0.05, 0) is 54.5 Å². The van der Waals surface area contributed by atoms with E-state index < -0.39 is 10.0 Å². The van der Waals surface area contributed by atoms with Gasteiger partial charge in [-0.2, -0.15) is 4.31 Å². The fourth-order valence-electron chi connectivity index (χ4n) is 4.36. The molecule has 1 aromatic heterocycles. The number of sulfonamides is 1. The number of hydrogen-bond donors (Lipinski definition) is 1. The van der Waals surface area contributed by atoms with E-state index in [2.05, 4.69) is 23.2 Å². The molecule has 1 aromatic carbocycles. The van der Waals surface area contributed by atoms with Crippen molar-refractivity contribution in [2.24, 2.45) is 5.92 Å². The van der Waals surface area contributed by atoms with Crippen LogP contribution >= 0.6 is 11.3 Å². The zero-order valence-corrected chi connectivity index (χ0v) is 20.0. The van der Waals surface area contributed by atoms with E-state index in [0.717, 1.165) is 25.9 Å². The molecular weight excluding hydrogens is 446 g/mol. The van der Waals surface area contributed by atoms with Gasteiger partial charge in [0.15, 0.2) is 0 Å². The topological polar surface area (TPSA) is 79.0 Å². The number of hydrogen-bond acceptors (Lipinski definition) is 6. The first kappa shape index (κ1) is 23.4. The standard InChI is InChI=1S/C23H31N3O4S2/c1-18-4-2-10-26(17-18)32(28,29)20-8-6-19(7-9-20)23(27)24-16-21(22-5-3-15-31-22)25-11-13-30-14-12-25/h3,5-9,15,18,21H,2,4,10-14,16-17H2,1H3,(H,24,27)/t18-,21-/m1/s1. The number of nitrogens with one attached hydrogen (secondary N) is 1. The van der Waals surface area contributed by atoms with E-state index in [1.807, 2.05) is 11.4 Å². The number of benzene rings is 1. The molecule has 1 amide bonds. The lowest BCUT2D eigenvalue weighted by Gasteiger charge is -2.34. The van der Waals surface area contributed by atoms with Gasteiger partial charge in [0.05, 0.1) is 24.2 Å². The van der Waals surface area contributed by atoms with Gasteiger partial charge in [-0.1, -0.05) is 13.0 Å². The van der Waals surface area contributed by atoms with Crippen molar-refractivity contribution < 1.29 is 17.9 Å². The van der Waals surface area contributed by atoms with Gasteiger partial charge >= 0.3 is 0 Å². The minimum Gasteiger partial charge on any atom is -0.379 e. The molecule has 0 aliphatic carbocycles. The normalized spacial score (nSPS) is 21.8. The third kappa shape index (κ3) is 5.40. The second-order valence-electron chi connectivity index (χ2n) is 8.52. The summed E-state index contributed by atoms with van der Waals surface area (Å²) in [6.07, 6.45) is 1.94. The van der Waals surface area contributed by atoms with Crippen LogP contribution in [0.25, 0.3) is 0 Å².